The van der Waals surface area contributed by atoms with E-state index in [1.807, 2.05) is 19.2 Å². The second kappa shape index (κ2) is 11.7. The zero-order chi connectivity index (χ0) is 29.4. The fourth-order valence-corrected chi connectivity index (χ4v) is 6.85. The summed E-state index contributed by atoms with van der Waals surface area (Å²) in [6, 6.07) is 21.4. The Bertz CT molecular complexity index is 1650. The van der Waals surface area contributed by atoms with Gasteiger partial charge in [-0.3, -0.25) is 4.90 Å². The van der Waals surface area contributed by atoms with Crippen LogP contribution in [-0.2, 0) is 16.9 Å². The predicted molar refractivity (Wildman–Crippen MR) is 173 cm³/mol. The zero-order valence-electron chi connectivity index (χ0n) is 25.1. The predicted octanol–water partition coefficient (Wildman–Crippen LogP) is 5.01. The molecule has 42 heavy (non-hydrogen) atoms. The summed E-state index contributed by atoms with van der Waals surface area (Å²) in [4.78, 5) is 10.4. The molecule has 3 heterocycles. The van der Waals surface area contributed by atoms with Gasteiger partial charge in [-0.1, -0.05) is 12.1 Å². The number of piperazine rings is 1. The number of anilines is 2. The molecule has 0 atom stereocenters. The number of fused-ring (bicyclic) bond motifs is 1. The lowest BCUT2D eigenvalue weighted by molar-refractivity contribution is 0.209. The molecule has 2 N–H and O–H groups in total. The quantitative estimate of drug-likeness (QED) is 0.315. The molecular weight excluding hydrogens is 544 g/mol. The molecule has 6 rings (SSSR count). The highest BCUT2D eigenvalue weighted by atomic mass is 32.2. The molecule has 0 radical (unpaired) electrons. The van der Waals surface area contributed by atoms with E-state index >= 15 is 0 Å². The van der Waals surface area contributed by atoms with E-state index in [1.54, 1.807) is 12.1 Å². The lowest BCUT2D eigenvalue weighted by atomic mass is 10.0. The van der Waals surface area contributed by atoms with Gasteiger partial charge in [0.2, 0.25) is 0 Å². The topological polar surface area (TPSA) is 82.5 Å². The van der Waals surface area contributed by atoms with Gasteiger partial charge in [-0.05, 0) is 99.4 Å². The summed E-state index contributed by atoms with van der Waals surface area (Å²) >= 11 is 0. The molecule has 4 aromatic rings. The van der Waals surface area contributed by atoms with Gasteiger partial charge in [-0.15, -0.1) is 0 Å². The average molecular weight is 587 g/mol. The number of nitrogens with zero attached hydrogens (tertiary/aromatic N) is 4. The molecule has 9 heteroatoms. The SMILES string of the molecule is CC(C)N1CCN(c2ccc(-c3cc(NC4CCNCC4)c4nc(-c5ccc(S(C)(=O)=O)cc5)n(C)c4c3)cc2)CC1. The molecule has 2 aliphatic rings. The number of sulfone groups is 1. The molecule has 0 bridgehead atoms. The minimum atomic E-state index is -3.26. The Morgan fingerprint density at radius 3 is 2.14 bits per heavy atom. The van der Waals surface area contributed by atoms with Crippen LogP contribution < -0.4 is 15.5 Å². The molecule has 0 spiro atoms. The first-order chi connectivity index (χ1) is 20.2. The first-order valence-corrected chi connectivity index (χ1v) is 16.9. The van der Waals surface area contributed by atoms with Crippen molar-refractivity contribution in [2.24, 2.45) is 7.05 Å². The molecule has 3 aromatic carbocycles. The van der Waals surface area contributed by atoms with E-state index < -0.39 is 9.84 Å². The Morgan fingerprint density at radius 2 is 1.52 bits per heavy atom. The number of imidazole rings is 1. The number of rotatable bonds is 7. The van der Waals surface area contributed by atoms with Gasteiger partial charge in [0, 0.05) is 62.8 Å². The molecule has 2 fully saturated rings. The summed E-state index contributed by atoms with van der Waals surface area (Å²) in [6.45, 7) is 10.9. The highest BCUT2D eigenvalue weighted by Crippen LogP contribution is 2.35. The van der Waals surface area contributed by atoms with Crippen LogP contribution in [0.15, 0.2) is 65.6 Å². The van der Waals surface area contributed by atoms with Crippen molar-refractivity contribution in [3.05, 3.63) is 60.7 Å². The van der Waals surface area contributed by atoms with Crippen LogP contribution in [0.2, 0.25) is 0 Å². The van der Waals surface area contributed by atoms with Gasteiger partial charge in [0.15, 0.2) is 9.84 Å². The third kappa shape index (κ3) is 5.91. The van der Waals surface area contributed by atoms with Gasteiger partial charge in [0.1, 0.15) is 11.3 Å². The van der Waals surface area contributed by atoms with Gasteiger partial charge < -0.3 is 20.1 Å². The molecule has 222 valence electrons. The van der Waals surface area contributed by atoms with Crippen molar-refractivity contribution in [2.75, 3.05) is 55.7 Å². The Kier molecular flexibility index (Phi) is 8.00. The molecule has 2 aliphatic heterocycles. The summed E-state index contributed by atoms with van der Waals surface area (Å²) in [5.41, 5.74) is 7.50. The van der Waals surface area contributed by atoms with E-state index in [2.05, 4.69) is 75.2 Å². The Labute approximate surface area is 249 Å². The van der Waals surface area contributed by atoms with Crippen molar-refractivity contribution in [3.8, 4) is 22.5 Å². The van der Waals surface area contributed by atoms with Gasteiger partial charge >= 0.3 is 0 Å². The van der Waals surface area contributed by atoms with Crippen LogP contribution in [0.5, 0.6) is 0 Å². The summed E-state index contributed by atoms with van der Waals surface area (Å²) in [7, 11) is -1.23. The van der Waals surface area contributed by atoms with Crippen molar-refractivity contribution in [3.63, 3.8) is 0 Å². The van der Waals surface area contributed by atoms with Gasteiger partial charge in [-0.2, -0.15) is 0 Å². The van der Waals surface area contributed by atoms with Gasteiger partial charge in [-0.25, -0.2) is 13.4 Å². The van der Waals surface area contributed by atoms with E-state index in [1.165, 1.54) is 17.5 Å². The van der Waals surface area contributed by atoms with Crippen LogP contribution >= 0.6 is 0 Å². The fraction of sp³-hybridized carbons (Fsp3) is 0.424. The summed E-state index contributed by atoms with van der Waals surface area (Å²) < 4.78 is 26.1. The molecule has 8 nitrogen and oxygen atoms in total. The largest absolute Gasteiger partial charge is 0.380 e. The van der Waals surface area contributed by atoms with Crippen molar-refractivity contribution in [1.82, 2.24) is 19.8 Å². The lowest BCUT2D eigenvalue weighted by Gasteiger charge is -2.38. The molecule has 2 saturated heterocycles. The normalized spacial score (nSPS) is 17.3. The van der Waals surface area contributed by atoms with E-state index in [0.29, 0.717) is 17.0 Å². The molecule has 0 saturated carbocycles. The Morgan fingerprint density at radius 1 is 0.881 bits per heavy atom. The molecular formula is C33H42N6O2S. The van der Waals surface area contributed by atoms with Crippen LogP contribution in [-0.4, -0.2) is 80.5 Å². The van der Waals surface area contributed by atoms with Crippen LogP contribution in [0.1, 0.15) is 26.7 Å². The number of hydrogen-bond acceptors (Lipinski definition) is 7. The summed E-state index contributed by atoms with van der Waals surface area (Å²) in [5.74, 6) is 0.812. The highest BCUT2D eigenvalue weighted by Gasteiger charge is 2.21. The maximum atomic E-state index is 12.0. The first-order valence-electron chi connectivity index (χ1n) is 15.0. The van der Waals surface area contributed by atoms with E-state index in [4.69, 9.17) is 4.98 Å². The van der Waals surface area contributed by atoms with E-state index in [-0.39, 0.29) is 0 Å². The number of piperidine rings is 1. The zero-order valence-corrected chi connectivity index (χ0v) is 25.9. The second-order valence-corrected chi connectivity index (χ2v) is 14.0. The Hall–Kier alpha value is -3.40. The van der Waals surface area contributed by atoms with Crippen molar-refractivity contribution in [2.45, 2.75) is 43.7 Å². The molecule has 1 aromatic heterocycles. The summed E-state index contributed by atoms with van der Waals surface area (Å²) in [6.07, 6.45) is 3.37. The third-order valence-electron chi connectivity index (χ3n) is 8.84. The van der Waals surface area contributed by atoms with Gasteiger partial charge in [0.25, 0.3) is 0 Å². The van der Waals surface area contributed by atoms with Crippen LogP contribution in [0.3, 0.4) is 0 Å². The molecule has 0 amide bonds. The Balaban J connectivity index is 1.35. The number of aryl methyl sites for hydroxylation is 1. The minimum absolute atomic E-state index is 0.311. The summed E-state index contributed by atoms with van der Waals surface area (Å²) in [5, 5.41) is 7.28. The van der Waals surface area contributed by atoms with Gasteiger partial charge in [0.05, 0.1) is 16.1 Å². The van der Waals surface area contributed by atoms with Crippen LogP contribution in [0.4, 0.5) is 11.4 Å². The number of benzene rings is 3. The second-order valence-electron chi connectivity index (χ2n) is 12.0. The monoisotopic (exact) mass is 586 g/mol. The highest BCUT2D eigenvalue weighted by molar-refractivity contribution is 7.90. The lowest BCUT2D eigenvalue weighted by Crippen LogP contribution is -2.48. The number of nitrogens with one attached hydrogen (secondary N) is 2. The van der Waals surface area contributed by atoms with Crippen LogP contribution in [0, 0.1) is 0 Å². The van der Waals surface area contributed by atoms with Crippen molar-refractivity contribution in [1.29, 1.82) is 0 Å². The average Bonchev–Trinajstić information content (AvgIpc) is 3.34. The number of hydrogen-bond donors (Lipinski definition) is 2. The third-order valence-corrected chi connectivity index (χ3v) is 9.96. The number of aromatic nitrogens is 2. The molecule has 0 aliphatic carbocycles. The smallest absolute Gasteiger partial charge is 0.175 e. The molecule has 0 unspecified atom stereocenters. The first kappa shape index (κ1) is 28.7. The maximum Gasteiger partial charge on any atom is 0.175 e. The minimum Gasteiger partial charge on any atom is -0.380 e. The fourth-order valence-electron chi connectivity index (χ4n) is 6.22. The van der Waals surface area contributed by atoms with E-state index in [9.17, 15) is 8.42 Å². The van der Waals surface area contributed by atoms with Crippen LogP contribution in [0.25, 0.3) is 33.5 Å². The standard InChI is InChI=1S/C33H42N6O2S/c1-23(2)38-17-19-39(20-18-38)28-9-5-24(6-10-28)26-21-30(35-27-13-15-34-16-14-27)32-31(22-26)37(3)33(36-32)25-7-11-29(12-8-25)42(4,40)41/h5-12,21-23,27,34-35H,13-20H2,1-4H3. The maximum absolute atomic E-state index is 12.0. The van der Waals surface area contributed by atoms with Crippen molar-refractivity contribution >= 4 is 32.2 Å². The van der Waals surface area contributed by atoms with E-state index in [0.717, 1.165) is 85.8 Å². The van der Waals surface area contributed by atoms with Crippen molar-refractivity contribution < 1.29 is 8.42 Å².